The van der Waals surface area contributed by atoms with Crippen molar-refractivity contribution in [2.45, 2.75) is 12.8 Å². The minimum Gasteiger partial charge on any atom is -0.434 e. The van der Waals surface area contributed by atoms with Gasteiger partial charge in [-0.1, -0.05) is 11.6 Å². The van der Waals surface area contributed by atoms with Crippen molar-refractivity contribution in [3.05, 3.63) is 28.8 Å². The molecule has 2 N–H and O–H groups in total. The molecule has 0 aliphatic rings. The summed E-state index contributed by atoms with van der Waals surface area (Å²) in [5.41, 5.74) is 5.03. The van der Waals surface area contributed by atoms with Gasteiger partial charge in [-0.05, 0) is 18.2 Å². The zero-order valence-electron chi connectivity index (χ0n) is 7.59. The lowest BCUT2D eigenvalue weighted by atomic mass is 10.1. The monoisotopic (exact) mass is 239 g/mol. The summed E-state index contributed by atoms with van der Waals surface area (Å²) in [5.74, 6) is -0.243. The van der Waals surface area contributed by atoms with E-state index in [0.717, 1.165) is 0 Å². The van der Waals surface area contributed by atoms with E-state index in [1.54, 1.807) is 0 Å². The topological polar surface area (TPSA) is 35.2 Å². The number of halogens is 4. The molecule has 0 aliphatic carbocycles. The van der Waals surface area contributed by atoms with Gasteiger partial charge >= 0.3 is 6.61 Å². The van der Waals surface area contributed by atoms with Crippen LogP contribution < -0.4 is 10.5 Å². The molecular formula is C9H9ClF3NO. The second kappa shape index (κ2) is 5.23. The van der Waals surface area contributed by atoms with E-state index in [-0.39, 0.29) is 22.9 Å². The Balaban J connectivity index is 3.02. The predicted octanol–water partition coefficient (Wildman–Crippen LogP) is 2.91. The van der Waals surface area contributed by atoms with E-state index in [1.165, 1.54) is 18.2 Å². The van der Waals surface area contributed by atoms with Gasteiger partial charge in [0.1, 0.15) is 11.9 Å². The molecule has 0 bridgehead atoms. The maximum absolute atomic E-state index is 13.2. The molecule has 0 spiro atoms. The molecule has 0 radical (unpaired) electrons. The van der Waals surface area contributed by atoms with Crippen LogP contribution in [0.3, 0.4) is 0 Å². The van der Waals surface area contributed by atoms with Crippen molar-refractivity contribution >= 4 is 11.6 Å². The van der Waals surface area contributed by atoms with Crippen molar-refractivity contribution in [3.8, 4) is 5.75 Å². The maximum atomic E-state index is 13.2. The molecule has 1 aromatic carbocycles. The molecule has 1 rings (SSSR count). The lowest BCUT2D eigenvalue weighted by Gasteiger charge is -2.13. The molecule has 0 amide bonds. The maximum Gasteiger partial charge on any atom is 0.387 e. The van der Waals surface area contributed by atoms with Gasteiger partial charge in [0.05, 0.1) is 0 Å². The van der Waals surface area contributed by atoms with Crippen LogP contribution in [0.5, 0.6) is 5.75 Å². The highest BCUT2D eigenvalue weighted by molar-refractivity contribution is 6.30. The molecule has 0 fully saturated rings. The number of hydrogen-bond donors (Lipinski definition) is 1. The average molecular weight is 240 g/mol. The van der Waals surface area contributed by atoms with Gasteiger partial charge in [0.25, 0.3) is 0 Å². The summed E-state index contributed by atoms with van der Waals surface area (Å²) in [7, 11) is 0. The van der Waals surface area contributed by atoms with E-state index in [2.05, 4.69) is 4.74 Å². The number of nitrogens with two attached hydrogens (primary N) is 1. The van der Waals surface area contributed by atoms with Crippen molar-refractivity contribution in [3.63, 3.8) is 0 Å². The zero-order valence-corrected chi connectivity index (χ0v) is 8.35. The molecule has 84 valence electrons. The highest BCUT2D eigenvalue weighted by Gasteiger charge is 2.17. The third kappa shape index (κ3) is 3.28. The predicted molar refractivity (Wildman–Crippen MR) is 51.0 cm³/mol. The Morgan fingerprint density at radius 1 is 1.33 bits per heavy atom. The van der Waals surface area contributed by atoms with Gasteiger partial charge in [-0.15, -0.1) is 0 Å². The summed E-state index contributed by atoms with van der Waals surface area (Å²) in [6.45, 7) is -3.32. The minimum absolute atomic E-state index is 0.0645. The lowest BCUT2D eigenvalue weighted by molar-refractivity contribution is -0.0510. The molecule has 0 aliphatic heterocycles. The van der Waals surface area contributed by atoms with E-state index in [4.69, 9.17) is 17.3 Å². The van der Waals surface area contributed by atoms with Crippen molar-refractivity contribution in [2.75, 3.05) is 6.54 Å². The summed E-state index contributed by atoms with van der Waals surface area (Å²) >= 11 is 5.60. The molecule has 0 saturated heterocycles. The number of alkyl halides is 3. The van der Waals surface area contributed by atoms with E-state index in [9.17, 15) is 13.2 Å². The van der Waals surface area contributed by atoms with Gasteiger partial charge in [0, 0.05) is 17.1 Å². The first-order valence-electron chi connectivity index (χ1n) is 4.13. The standard InChI is InChI=1S/C9H9ClF3NO/c10-5-1-2-8(15-9(12)13)6(3-5)7(11)4-14/h1-3,7,9H,4,14H2. The summed E-state index contributed by atoms with van der Waals surface area (Å²) in [5, 5.41) is 0.239. The number of ether oxygens (including phenoxy) is 1. The first-order valence-corrected chi connectivity index (χ1v) is 4.50. The van der Waals surface area contributed by atoms with Crippen molar-refractivity contribution in [1.82, 2.24) is 0 Å². The van der Waals surface area contributed by atoms with Crippen LogP contribution >= 0.6 is 11.6 Å². The molecule has 1 aromatic rings. The highest BCUT2D eigenvalue weighted by Crippen LogP contribution is 2.31. The molecule has 2 nitrogen and oxygen atoms in total. The average Bonchev–Trinajstić information content (AvgIpc) is 2.19. The Morgan fingerprint density at radius 3 is 2.53 bits per heavy atom. The van der Waals surface area contributed by atoms with E-state index < -0.39 is 12.8 Å². The van der Waals surface area contributed by atoms with Crippen molar-refractivity contribution < 1.29 is 17.9 Å². The normalized spacial score (nSPS) is 12.9. The second-order valence-corrected chi connectivity index (χ2v) is 3.20. The highest BCUT2D eigenvalue weighted by atomic mass is 35.5. The Hall–Kier alpha value is -0.940. The Labute approximate surface area is 89.8 Å². The van der Waals surface area contributed by atoms with Gasteiger partial charge in [-0.2, -0.15) is 8.78 Å². The van der Waals surface area contributed by atoms with Crippen LogP contribution in [0.4, 0.5) is 13.2 Å². The molecule has 0 aromatic heterocycles. The molecule has 0 heterocycles. The third-order valence-corrected chi connectivity index (χ3v) is 1.97. The van der Waals surface area contributed by atoms with Gasteiger partial charge in [-0.3, -0.25) is 0 Å². The van der Waals surface area contributed by atoms with E-state index in [0.29, 0.717) is 0 Å². The van der Waals surface area contributed by atoms with Crippen LogP contribution in [0.25, 0.3) is 0 Å². The lowest BCUT2D eigenvalue weighted by Crippen LogP contribution is -2.11. The largest absolute Gasteiger partial charge is 0.434 e. The smallest absolute Gasteiger partial charge is 0.387 e. The van der Waals surface area contributed by atoms with Crippen LogP contribution in [-0.2, 0) is 0 Å². The van der Waals surface area contributed by atoms with E-state index in [1.807, 2.05) is 0 Å². The van der Waals surface area contributed by atoms with Crippen LogP contribution in [0.1, 0.15) is 11.7 Å². The van der Waals surface area contributed by atoms with Gasteiger partial charge in [0.2, 0.25) is 0 Å². The third-order valence-electron chi connectivity index (χ3n) is 1.73. The zero-order chi connectivity index (χ0) is 11.4. The molecular weight excluding hydrogens is 231 g/mol. The van der Waals surface area contributed by atoms with Crippen LogP contribution in [0.2, 0.25) is 5.02 Å². The summed E-state index contributed by atoms with van der Waals surface area (Å²) in [6, 6.07) is 3.74. The summed E-state index contributed by atoms with van der Waals surface area (Å²) in [6.07, 6.45) is -1.57. The number of benzene rings is 1. The fourth-order valence-electron chi connectivity index (χ4n) is 1.09. The SMILES string of the molecule is NCC(F)c1cc(Cl)ccc1OC(F)F. The van der Waals surface area contributed by atoms with Gasteiger partial charge in [-0.25, -0.2) is 4.39 Å². The summed E-state index contributed by atoms with van der Waals surface area (Å²) < 4.78 is 41.3. The number of hydrogen-bond acceptors (Lipinski definition) is 2. The summed E-state index contributed by atoms with van der Waals surface area (Å²) in [4.78, 5) is 0. The quantitative estimate of drug-likeness (QED) is 0.877. The number of rotatable bonds is 4. The van der Waals surface area contributed by atoms with Crippen LogP contribution in [0, 0.1) is 0 Å². The van der Waals surface area contributed by atoms with Crippen molar-refractivity contribution in [1.29, 1.82) is 0 Å². The first kappa shape index (κ1) is 12.1. The molecule has 15 heavy (non-hydrogen) atoms. The first-order chi connectivity index (χ1) is 7.04. The fraction of sp³-hybridized carbons (Fsp3) is 0.333. The van der Waals surface area contributed by atoms with Crippen LogP contribution in [0.15, 0.2) is 18.2 Å². The van der Waals surface area contributed by atoms with Gasteiger partial charge in [0.15, 0.2) is 0 Å². The Morgan fingerprint density at radius 2 is 2.00 bits per heavy atom. The van der Waals surface area contributed by atoms with E-state index >= 15 is 0 Å². The Bertz CT molecular complexity index is 335. The molecule has 6 heteroatoms. The minimum atomic E-state index is -3.00. The molecule has 1 atom stereocenters. The fourth-order valence-corrected chi connectivity index (χ4v) is 1.27. The molecule has 1 unspecified atom stereocenters. The van der Waals surface area contributed by atoms with Gasteiger partial charge < -0.3 is 10.5 Å². The molecule has 0 saturated carbocycles. The van der Waals surface area contributed by atoms with Crippen LogP contribution in [-0.4, -0.2) is 13.2 Å². The second-order valence-electron chi connectivity index (χ2n) is 2.76. The Kier molecular flexibility index (Phi) is 4.23. The van der Waals surface area contributed by atoms with Crippen molar-refractivity contribution in [2.24, 2.45) is 5.73 Å².